The van der Waals surface area contributed by atoms with Crippen LogP contribution in [0.5, 0.6) is 0 Å². The van der Waals surface area contributed by atoms with Crippen molar-refractivity contribution in [3.63, 3.8) is 0 Å². The number of alkyl halides is 3. The molecule has 1 heterocycles. The zero-order valence-electron chi connectivity index (χ0n) is 8.08. The van der Waals surface area contributed by atoms with E-state index in [9.17, 15) is 18.0 Å². The summed E-state index contributed by atoms with van der Waals surface area (Å²) in [5.74, 6) is -0.845. The Kier molecular flexibility index (Phi) is 2.32. The Balaban J connectivity index is 2.10. The standard InChI is InChI=1S/C9H8F3N3O/c10-9(11,12)8(1-2-8)15-7(16)6-5-13-3-4-14-6/h3-5H,1-2H2,(H,15,16). The summed E-state index contributed by atoms with van der Waals surface area (Å²) in [4.78, 5) is 18.7. The second-order valence-electron chi connectivity index (χ2n) is 3.62. The van der Waals surface area contributed by atoms with Crippen LogP contribution >= 0.6 is 0 Å². The van der Waals surface area contributed by atoms with E-state index in [0.29, 0.717) is 0 Å². The Morgan fingerprint density at radius 1 is 1.38 bits per heavy atom. The maximum atomic E-state index is 12.5. The summed E-state index contributed by atoms with van der Waals surface area (Å²) in [5.41, 5.74) is -2.17. The molecule has 1 fully saturated rings. The molecule has 0 aromatic carbocycles. The Hall–Kier alpha value is -1.66. The molecular weight excluding hydrogens is 223 g/mol. The molecule has 0 spiro atoms. The minimum atomic E-state index is -4.41. The number of amides is 1. The molecule has 1 aromatic rings. The van der Waals surface area contributed by atoms with Gasteiger partial charge in [-0.3, -0.25) is 9.78 Å². The molecule has 1 aliphatic rings. The third-order valence-corrected chi connectivity index (χ3v) is 2.44. The molecule has 4 nitrogen and oxygen atoms in total. The highest BCUT2D eigenvalue weighted by Gasteiger charge is 2.64. The van der Waals surface area contributed by atoms with Crippen LogP contribution in [-0.4, -0.2) is 27.6 Å². The lowest BCUT2D eigenvalue weighted by Crippen LogP contribution is -2.48. The van der Waals surface area contributed by atoms with Crippen molar-refractivity contribution in [1.29, 1.82) is 0 Å². The summed E-state index contributed by atoms with van der Waals surface area (Å²) >= 11 is 0. The van der Waals surface area contributed by atoms with E-state index in [1.807, 2.05) is 5.32 Å². The molecule has 0 saturated heterocycles. The summed E-state index contributed by atoms with van der Waals surface area (Å²) in [6, 6.07) is 0. The van der Waals surface area contributed by atoms with Gasteiger partial charge in [-0.05, 0) is 12.8 Å². The van der Waals surface area contributed by atoms with Crippen LogP contribution in [0.15, 0.2) is 18.6 Å². The number of nitrogens with one attached hydrogen (secondary N) is 1. The first-order chi connectivity index (χ1) is 7.45. The molecule has 1 saturated carbocycles. The summed E-state index contributed by atoms with van der Waals surface area (Å²) in [5, 5.41) is 1.96. The lowest BCUT2D eigenvalue weighted by molar-refractivity contribution is -0.163. The molecule has 1 aliphatic carbocycles. The van der Waals surface area contributed by atoms with Gasteiger partial charge in [0.1, 0.15) is 11.2 Å². The monoisotopic (exact) mass is 231 g/mol. The van der Waals surface area contributed by atoms with Crippen molar-refractivity contribution < 1.29 is 18.0 Å². The second-order valence-corrected chi connectivity index (χ2v) is 3.62. The van der Waals surface area contributed by atoms with E-state index >= 15 is 0 Å². The molecule has 1 aromatic heterocycles. The van der Waals surface area contributed by atoms with Crippen molar-refractivity contribution >= 4 is 5.91 Å². The SMILES string of the molecule is O=C(NC1(C(F)(F)F)CC1)c1cnccn1. The second kappa shape index (κ2) is 3.43. The zero-order valence-corrected chi connectivity index (χ0v) is 8.08. The summed E-state index contributed by atoms with van der Waals surface area (Å²) in [6.45, 7) is 0. The van der Waals surface area contributed by atoms with Gasteiger partial charge >= 0.3 is 6.18 Å². The number of nitrogens with zero attached hydrogens (tertiary/aromatic N) is 2. The van der Waals surface area contributed by atoms with Gasteiger partial charge in [0.15, 0.2) is 0 Å². The van der Waals surface area contributed by atoms with Gasteiger partial charge in [0.2, 0.25) is 0 Å². The molecule has 2 rings (SSSR count). The highest BCUT2D eigenvalue weighted by Crippen LogP contribution is 2.48. The average molecular weight is 231 g/mol. The molecule has 1 amide bonds. The lowest BCUT2D eigenvalue weighted by Gasteiger charge is -2.20. The van der Waals surface area contributed by atoms with Crippen LogP contribution < -0.4 is 5.32 Å². The van der Waals surface area contributed by atoms with Gasteiger partial charge in [0.25, 0.3) is 5.91 Å². The van der Waals surface area contributed by atoms with Crippen LogP contribution in [0.3, 0.4) is 0 Å². The van der Waals surface area contributed by atoms with Crippen molar-refractivity contribution in [1.82, 2.24) is 15.3 Å². The molecule has 0 bridgehead atoms. The van der Waals surface area contributed by atoms with E-state index < -0.39 is 17.6 Å². The third-order valence-electron chi connectivity index (χ3n) is 2.44. The van der Waals surface area contributed by atoms with Gasteiger partial charge in [-0.2, -0.15) is 13.2 Å². The van der Waals surface area contributed by atoms with Crippen LogP contribution in [0.25, 0.3) is 0 Å². The quantitative estimate of drug-likeness (QED) is 0.834. The Bertz CT molecular complexity index is 400. The number of carbonyl (C=O) groups is 1. The van der Waals surface area contributed by atoms with Crippen molar-refractivity contribution in [2.24, 2.45) is 0 Å². The molecule has 86 valence electrons. The van der Waals surface area contributed by atoms with E-state index in [4.69, 9.17) is 0 Å². The van der Waals surface area contributed by atoms with Crippen LogP contribution in [-0.2, 0) is 0 Å². The smallest absolute Gasteiger partial charge is 0.336 e. The molecular formula is C9H8F3N3O. The number of carbonyl (C=O) groups excluding carboxylic acids is 1. The highest BCUT2D eigenvalue weighted by atomic mass is 19.4. The first-order valence-corrected chi connectivity index (χ1v) is 4.60. The normalized spacial score (nSPS) is 17.9. The number of hydrogen-bond acceptors (Lipinski definition) is 3. The van der Waals surface area contributed by atoms with Crippen molar-refractivity contribution in [3.8, 4) is 0 Å². The molecule has 1 N–H and O–H groups in total. The topological polar surface area (TPSA) is 54.9 Å². The zero-order chi connectivity index (χ0) is 11.8. The largest absolute Gasteiger partial charge is 0.411 e. The maximum absolute atomic E-state index is 12.5. The predicted molar refractivity (Wildman–Crippen MR) is 47.5 cm³/mol. The van der Waals surface area contributed by atoms with Gasteiger partial charge in [-0.1, -0.05) is 0 Å². The summed E-state index contributed by atoms with van der Waals surface area (Å²) in [6.07, 6.45) is -0.854. The van der Waals surface area contributed by atoms with E-state index in [1.165, 1.54) is 12.4 Å². The fourth-order valence-corrected chi connectivity index (χ4v) is 1.30. The predicted octanol–water partition coefficient (Wildman–Crippen LogP) is 1.30. The highest BCUT2D eigenvalue weighted by molar-refractivity contribution is 5.92. The summed E-state index contributed by atoms with van der Waals surface area (Å²) in [7, 11) is 0. The van der Waals surface area contributed by atoms with Crippen molar-refractivity contribution in [2.45, 2.75) is 24.6 Å². The van der Waals surface area contributed by atoms with Crippen LogP contribution in [0.2, 0.25) is 0 Å². The Morgan fingerprint density at radius 3 is 2.50 bits per heavy atom. The van der Waals surface area contributed by atoms with Crippen LogP contribution in [0, 0.1) is 0 Å². The fourth-order valence-electron chi connectivity index (χ4n) is 1.30. The van der Waals surface area contributed by atoms with Crippen molar-refractivity contribution in [2.75, 3.05) is 0 Å². The van der Waals surface area contributed by atoms with E-state index in [-0.39, 0.29) is 18.5 Å². The van der Waals surface area contributed by atoms with Gasteiger partial charge < -0.3 is 5.32 Å². The van der Waals surface area contributed by atoms with Gasteiger partial charge in [-0.15, -0.1) is 0 Å². The lowest BCUT2D eigenvalue weighted by atomic mass is 10.2. The minimum Gasteiger partial charge on any atom is -0.336 e. The van der Waals surface area contributed by atoms with E-state index in [0.717, 1.165) is 6.20 Å². The Labute approximate surface area is 88.9 Å². The van der Waals surface area contributed by atoms with Gasteiger partial charge in [-0.25, -0.2) is 4.98 Å². The van der Waals surface area contributed by atoms with Gasteiger partial charge in [0.05, 0.1) is 6.20 Å². The molecule has 0 atom stereocenters. The van der Waals surface area contributed by atoms with Gasteiger partial charge in [0, 0.05) is 12.4 Å². The fraction of sp³-hybridized carbons (Fsp3) is 0.444. The molecule has 7 heteroatoms. The third kappa shape index (κ3) is 1.84. The van der Waals surface area contributed by atoms with Crippen LogP contribution in [0.4, 0.5) is 13.2 Å². The first kappa shape index (κ1) is 10.8. The van der Waals surface area contributed by atoms with E-state index in [2.05, 4.69) is 9.97 Å². The molecule has 0 unspecified atom stereocenters. The number of halogens is 3. The number of rotatable bonds is 2. The van der Waals surface area contributed by atoms with E-state index in [1.54, 1.807) is 0 Å². The summed E-state index contributed by atoms with van der Waals surface area (Å²) < 4.78 is 37.6. The average Bonchev–Trinajstić information content (AvgIpc) is 2.99. The molecule has 0 radical (unpaired) electrons. The van der Waals surface area contributed by atoms with Crippen molar-refractivity contribution in [3.05, 3.63) is 24.3 Å². The number of aromatic nitrogens is 2. The maximum Gasteiger partial charge on any atom is 0.411 e. The Morgan fingerprint density at radius 2 is 2.06 bits per heavy atom. The number of hydrogen-bond donors (Lipinski definition) is 1. The minimum absolute atomic E-state index is 0.0809. The first-order valence-electron chi connectivity index (χ1n) is 4.60. The molecule has 0 aliphatic heterocycles. The van der Waals surface area contributed by atoms with Crippen LogP contribution in [0.1, 0.15) is 23.3 Å². The molecule has 16 heavy (non-hydrogen) atoms.